The highest BCUT2D eigenvalue weighted by molar-refractivity contribution is 4.73. The molecule has 0 unspecified atom stereocenters. The average Bonchev–Trinajstić information content (AvgIpc) is 1.94. The molecular formula is C6H12O4. The Kier molecular flexibility index (Phi) is 2.62. The van der Waals surface area contributed by atoms with Gasteiger partial charge in [0.25, 0.3) is 0 Å². The number of ether oxygens (including phenoxy) is 2. The minimum atomic E-state index is -0.784. The Morgan fingerprint density at radius 1 is 1.50 bits per heavy atom. The second-order valence-electron chi connectivity index (χ2n) is 2.37. The lowest BCUT2D eigenvalue weighted by atomic mass is 10.1. The summed E-state index contributed by atoms with van der Waals surface area (Å²) in [6.07, 6.45) is -1.33. The maximum absolute atomic E-state index is 9.13. The zero-order valence-corrected chi connectivity index (χ0v) is 5.86. The van der Waals surface area contributed by atoms with Crippen LogP contribution in [0.15, 0.2) is 0 Å². The summed E-state index contributed by atoms with van der Waals surface area (Å²) < 4.78 is 9.63. The zero-order valence-electron chi connectivity index (χ0n) is 5.86. The van der Waals surface area contributed by atoms with Gasteiger partial charge in [0.2, 0.25) is 0 Å². The molecule has 10 heavy (non-hydrogen) atoms. The fourth-order valence-electron chi connectivity index (χ4n) is 0.994. The van der Waals surface area contributed by atoms with Crippen LogP contribution in [0.3, 0.4) is 0 Å². The van der Waals surface area contributed by atoms with E-state index in [0.717, 1.165) is 0 Å². The molecule has 1 fully saturated rings. The van der Waals surface area contributed by atoms with E-state index in [2.05, 4.69) is 0 Å². The van der Waals surface area contributed by atoms with Crippen molar-refractivity contribution < 1.29 is 19.7 Å². The highest BCUT2D eigenvalue weighted by atomic mass is 16.6. The van der Waals surface area contributed by atoms with Crippen LogP contribution >= 0.6 is 0 Å². The smallest absolute Gasteiger partial charge is 0.157 e. The average molecular weight is 148 g/mol. The number of aliphatic hydroxyl groups excluding tert-OH is 2. The Morgan fingerprint density at radius 2 is 2.20 bits per heavy atom. The number of hydrogen-bond acceptors (Lipinski definition) is 4. The molecule has 0 radical (unpaired) electrons. The molecular weight excluding hydrogens is 136 g/mol. The van der Waals surface area contributed by atoms with Crippen molar-refractivity contribution in [1.82, 2.24) is 0 Å². The molecule has 1 saturated heterocycles. The maximum atomic E-state index is 9.13. The molecule has 1 aliphatic heterocycles. The third kappa shape index (κ3) is 1.67. The molecule has 1 rings (SSSR count). The zero-order chi connectivity index (χ0) is 7.56. The first-order chi connectivity index (χ1) is 4.74. The number of rotatable bonds is 1. The lowest BCUT2D eigenvalue weighted by Gasteiger charge is -2.29. The predicted octanol–water partition coefficient (Wildman–Crippen LogP) is -0.899. The van der Waals surface area contributed by atoms with Gasteiger partial charge in [0.05, 0.1) is 12.7 Å². The summed E-state index contributed by atoms with van der Waals surface area (Å²) >= 11 is 0. The molecule has 0 bridgehead atoms. The monoisotopic (exact) mass is 148 g/mol. The Labute approximate surface area is 59.4 Å². The molecule has 2 N–H and O–H groups in total. The van der Waals surface area contributed by atoms with E-state index in [0.29, 0.717) is 6.42 Å². The topological polar surface area (TPSA) is 58.9 Å². The van der Waals surface area contributed by atoms with Gasteiger partial charge in [-0.3, -0.25) is 0 Å². The third-order valence-corrected chi connectivity index (χ3v) is 1.63. The van der Waals surface area contributed by atoms with Crippen LogP contribution < -0.4 is 0 Å². The molecule has 0 saturated carbocycles. The van der Waals surface area contributed by atoms with Gasteiger partial charge in [-0.15, -0.1) is 0 Å². The van der Waals surface area contributed by atoms with Gasteiger partial charge in [0.15, 0.2) is 6.29 Å². The first-order valence-corrected chi connectivity index (χ1v) is 3.24. The molecule has 0 aromatic heterocycles. The molecule has 0 aromatic rings. The highest BCUT2D eigenvalue weighted by Gasteiger charge is 2.28. The van der Waals surface area contributed by atoms with Crippen LogP contribution in [0, 0.1) is 0 Å². The van der Waals surface area contributed by atoms with Crippen molar-refractivity contribution in [2.45, 2.75) is 24.9 Å². The van der Waals surface area contributed by atoms with E-state index in [-0.39, 0.29) is 12.7 Å². The van der Waals surface area contributed by atoms with E-state index < -0.39 is 12.4 Å². The summed E-state index contributed by atoms with van der Waals surface area (Å²) in [5.74, 6) is 0. The minimum Gasteiger partial charge on any atom is -0.388 e. The van der Waals surface area contributed by atoms with Gasteiger partial charge in [-0.05, 0) is 0 Å². The van der Waals surface area contributed by atoms with Gasteiger partial charge in [-0.25, -0.2) is 0 Å². The largest absolute Gasteiger partial charge is 0.388 e. The van der Waals surface area contributed by atoms with Crippen molar-refractivity contribution in [2.24, 2.45) is 0 Å². The Bertz CT molecular complexity index is 106. The van der Waals surface area contributed by atoms with Crippen molar-refractivity contribution in [3.63, 3.8) is 0 Å². The molecule has 60 valence electrons. The van der Waals surface area contributed by atoms with E-state index >= 15 is 0 Å². The Balaban J connectivity index is 2.38. The molecule has 1 aliphatic rings. The first kappa shape index (κ1) is 7.94. The summed E-state index contributed by atoms with van der Waals surface area (Å²) in [6, 6.07) is 0. The van der Waals surface area contributed by atoms with Crippen LogP contribution in [0.1, 0.15) is 6.42 Å². The van der Waals surface area contributed by atoms with Crippen molar-refractivity contribution in [2.75, 3.05) is 13.7 Å². The fourth-order valence-corrected chi connectivity index (χ4v) is 0.994. The minimum absolute atomic E-state index is 0.152. The number of methoxy groups -OCH3 is 1. The lowest BCUT2D eigenvalue weighted by molar-refractivity contribution is -0.199. The summed E-state index contributed by atoms with van der Waals surface area (Å²) in [5.41, 5.74) is 0. The van der Waals surface area contributed by atoms with E-state index in [1.807, 2.05) is 0 Å². The SMILES string of the molecule is CO[C@@H]1C[C@H](O)OC[C@H]1O. The first-order valence-electron chi connectivity index (χ1n) is 3.24. The molecule has 3 atom stereocenters. The van der Waals surface area contributed by atoms with Crippen LogP contribution in [0.25, 0.3) is 0 Å². The van der Waals surface area contributed by atoms with Crippen LogP contribution in [-0.4, -0.2) is 42.4 Å². The summed E-state index contributed by atoms with van der Waals surface area (Å²) in [4.78, 5) is 0. The standard InChI is InChI=1S/C6H12O4/c1-9-5-2-6(8)10-3-4(5)7/h4-8H,2-3H2,1H3/t4-,5-,6-/m1/s1. The highest BCUT2D eigenvalue weighted by Crippen LogP contribution is 2.14. The van der Waals surface area contributed by atoms with Gasteiger partial charge < -0.3 is 19.7 Å². The number of hydrogen-bond donors (Lipinski definition) is 2. The molecule has 0 aromatic carbocycles. The molecule has 0 aliphatic carbocycles. The van der Waals surface area contributed by atoms with E-state index in [1.54, 1.807) is 0 Å². The summed E-state index contributed by atoms with van der Waals surface area (Å²) in [6.45, 7) is 0.152. The quantitative estimate of drug-likeness (QED) is 0.506. The van der Waals surface area contributed by atoms with Crippen LogP contribution in [-0.2, 0) is 9.47 Å². The normalized spacial score (nSPS) is 41.7. The van der Waals surface area contributed by atoms with Crippen molar-refractivity contribution in [1.29, 1.82) is 0 Å². The molecule has 1 heterocycles. The summed E-state index contributed by atoms with van der Waals surface area (Å²) in [7, 11) is 1.51. The van der Waals surface area contributed by atoms with Crippen molar-refractivity contribution >= 4 is 0 Å². The van der Waals surface area contributed by atoms with Gasteiger partial charge >= 0.3 is 0 Å². The maximum Gasteiger partial charge on any atom is 0.157 e. The van der Waals surface area contributed by atoms with Crippen LogP contribution in [0.2, 0.25) is 0 Å². The van der Waals surface area contributed by atoms with Crippen molar-refractivity contribution in [3.8, 4) is 0 Å². The van der Waals surface area contributed by atoms with Crippen molar-refractivity contribution in [3.05, 3.63) is 0 Å². The van der Waals surface area contributed by atoms with Crippen LogP contribution in [0.5, 0.6) is 0 Å². The van der Waals surface area contributed by atoms with E-state index in [9.17, 15) is 0 Å². The van der Waals surface area contributed by atoms with Gasteiger partial charge in [0.1, 0.15) is 6.10 Å². The van der Waals surface area contributed by atoms with Gasteiger partial charge in [-0.2, -0.15) is 0 Å². The van der Waals surface area contributed by atoms with E-state index in [4.69, 9.17) is 19.7 Å². The molecule has 0 spiro atoms. The Hall–Kier alpha value is -0.160. The second kappa shape index (κ2) is 3.30. The fraction of sp³-hybridized carbons (Fsp3) is 1.00. The van der Waals surface area contributed by atoms with E-state index in [1.165, 1.54) is 7.11 Å². The molecule has 4 nitrogen and oxygen atoms in total. The lowest BCUT2D eigenvalue weighted by Crippen LogP contribution is -2.42. The van der Waals surface area contributed by atoms with Crippen LogP contribution in [0.4, 0.5) is 0 Å². The summed E-state index contributed by atoms with van der Waals surface area (Å²) in [5, 5.41) is 18.0. The predicted molar refractivity (Wildman–Crippen MR) is 33.4 cm³/mol. The second-order valence-corrected chi connectivity index (χ2v) is 2.37. The van der Waals surface area contributed by atoms with Gasteiger partial charge in [-0.1, -0.05) is 0 Å². The molecule has 4 heteroatoms. The van der Waals surface area contributed by atoms with Gasteiger partial charge in [0, 0.05) is 13.5 Å². The number of aliphatic hydroxyl groups is 2. The molecule has 0 amide bonds. The third-order valence-electron chi connectivity index (χ3n) is 1.63. The Morgan fingerprint density at radius 3 is 2.70 bits per heavy atom.